The van der Waals surface area contributed by atoms with Crippen molar-refractivity contribution < 1.29 is 28.2 Å². The first kappa shape index (κ1) is 23.5. The zero-order valence-corrected chi connectivity index (χ0v) is 17.9. The number of carbonyl (C=O) groups is 3. The summed E-state index contributed by atoms with van der Waals surface area (Å²) in [5.41, 5.74) is 0.669. The lowest BCUT2D eigenvalue weighted by Crippen LogP contribution is -2.34. The zero-order chi connectivity index (χ0) is 23.6. The van der Waals surface area contributed by atoms with E-state index in [4.69, 9.17) is 9.47 Å². The second kappa shape index (κ2) is 11.4. The number of ether oxygens (including phenoxy) is 2. The Morgan fingerprint density at radius 3 is 2.30 bits per heavy atom. The third kappa shape index (κ3) is 6.39. The van der Waals surface area contributed by atoms with Gasteiger partial charge in [0.05, 0.1) is 17.9 Å². The van der Waals surface area contributed by atoms with Crippen molar-refractivity contribution in [2.45, 2.75) is 13.0 Å². The molecule has 3 aromatic rings. The summed E-state index contributed by atoms with van der Waals surface area (Å²) in [6.45, 7) is 1.69. The molecule has 0 heterocycles. The largest absolute Gasteiger partial charge is 0.492 e. The number of hydrogen-bond acceptors (Lipinski definition) is 5. The van der Waals surface area contributed by atoms with Crippen molar-refractivity contribution in [2.75, 3.05) is 18.5 Å². The Balaban J connectivity index is 1.71. The summed E-state index contributed by atoms with van der Waals surface area (Å²) in [6, 6.07) is 20.7. The van der Waals surface area contributed by atoms with Crippen molar-refractivity contribution in [2.24, 2.45) is 0 Å². The number of hydrogen-bond donors (Lipinski definition) is 2. The quantitative estimate of drug-likeness (QED) is 0.483. The lowest BCUT2D eigenvalue weighted by molar-refractivity contribution is -0.153. The number of para-hydroxylation sites is 2. The minimum atomic E-state index is -1.28. The molecule has 0 aliphatic rings. The Bertz CT molecular complexity index is 1120. The number of carbonyl (C=O) groups excluding carboxylic acids is 3. The smallest absolute Gasteiger partial charge is 0.326 e. The number of benzene rings is 3. The number of rotatable bonds is 9. The molecule has 170 valence electrons. The molecule has 1 atom stereocenters. The van der Waals surface area contributed by atoms with Crippen LogP contribution in [0.4, 0.5) is 10.1 Å². The van der Waals surface area contributed by atoms with E-state index in [-0.39, 0.29) is 5.56 Å². The highest BCUT2D eigenvalue weighted by atomic mass is 19.1. The van der Waals surface area contributed by atoms with Crippen molar-refractivity contribution in [1.29, 1.82) is 0 Å². The molecule has 0 aliphatic carbocycles. The lowest BCUT2D eigenvalue weighted by atomic mass is 10.1. The molecule has 2 amide bonds. The molecule has 3 rings (SSSR count). The van der Waals surface area contributed by atoms with Crippen LogP contribution < -0.4 is 15.4 Å². The van der Waals surface area contributed by atoms with Crippen molar-refractivity contribution >= 4 is 23.5 Å². The molecular weight excluding hydrogens is 427 g/mol. The van der Waals surface area contributed by atoms with Crippen LogP contribution in [0.5, 0.6) is 5.75 Å². The van der Waals surface area contributed by atoms with Gasteiger partial charge in [-0.1, -0.05) is 54.6 Å². The van der Waals surface area contributed by atoms with Gasteiger partial charge < -0.3 is 20.1 Å². The van der Waals surface area contributed by atoms with E-state index in [1.165, 1.54) is 18.2 Å². The van der Waals surface area contributed by atoms with Gasteiger partial charge in [0, 0.05) is 5.56 Å². The first-order chi connectivity index (χ1) is 16.0. The average molecular weight is 450 g/mol. The second-order valence-electron chi connectivity index (χ2n) is 6.86. The molecule has 3 aromatic carbocycles. The first-order valence-corrected chi connectivity index (χ1v) is 10.3. The average Bonchev–Trinajstić information content (AvgIpc) is 2.83. The van der Waals surface area contributed by atoms with Crippen LogP contribution in [0.3, 0.4) is 0 Å². The van der Waals surface area contributed by atoms with Crippen LogP contribution in [0.2, 0.25) is 0 Å². The van der Waals surface area contributed by atoms with Crippen molar-refractivity contribution in [1.82, 2.24) is 5.32 Å². The third-order valence-electron chi connectivity index (χ3n) is 4.55. The molecule has 0 unspecified atom stereocenters. The van der Waals surface area contributed by atoms with Gasteiger partial charge in [0.25, 0.3) is 11.8 Å². The number of nitrogens with one attached hydrogen (secondary N) is 2. The Morgan fingerprint density at radius 1 is 0.909 bits per heavy atom. The van der Waals surface area contributed by atoms with E-state index in [9.17, 15) is 18.8 Å². The van der Waals surface area contributed by atoms with Gasteiger partial charge in [0.15, 0.2) is 0 Å². The highest BCUT2D eigenvalue weighted by molar-refractivity contribution is 5.98. The second-order valence-corrected chi connectivity index (χ2v) is 6.86. The summed E-state index contributed by atoms with van der Waals surface area (Å²) < 4.78 is 24.7. The standard InChI is InChI=1S/C25H23FN2O5/c1-2-32-21-15-9-8-14-20(21)28-25(31)23(17-10-4-3-5-11-17)33-22(29)16-27-24(30)18-12-6-7-13-19(18)26/h3-15,23H,2,16H2,1H3,(H,27,30)(H,28,31)/t23-/m0/s1. The minimum absolute atomic E-state index is 0.199. The van der Waals surface area contributed by atoms with Crippen LogP contribution in [0, 0.1) is 5.82 Å². The highest BCUT2D eigenvalue weighted by Gasteiger charge is 2.26. The maximum absolute atomic E-state index is 13.8. The predicted octanol–water partition coefficient (Wildman–Crippen LogP) is 3.88. The summed E-state index contributed by atoms with van der Waals surface area (Å²) in [4.78, 5) is 37.6. The summed E-state index contributed by atoms with van der Waals surface area (Å²) in [5.74, 6) is -2.46. The Morgan fingerprint density at radius 2 is 1.58 bits per heavy atom. The molecular formula is C25H23FN2O5. The van der Waals surface area contributed by atoms with Gasteiger partial charge in [-0.05, 0) is 31.2 Å². The molecule has 0 radical (unpaired) electrons. The predicted molar refractivity (Wildman–Crippen MR) is 120 cm³/mol. The molecule has 0 spiro atoms. The van der Waals surface area contributed by atoms with Crippen LogP contribution in [0.1, 0.15) is 28.9 Å². The monoisotopic (exact) mass is 450 g/mol. The maximum atomic E-state index is 13.8. The summed E-state index contributed by atoms with van der Waals surface area (Å²) in [5, 5.41) is 5.03. The normalized spacial score (nSPS) is 11.2. The van der Waals surface area contributed by atoms with Crippen molar-refractivity contribution in [3.63, 3.8) is 0 Å². The number of amides is 2. The topological polar surface area (TPSA) is 93.7 Å². The SMILES string of the molecule is CCOc1ccccc1NC(=O)[C@@H](OC(=O)CNC(=O)c1ccccc1F)c1ccccc1. The van der Waals surface area contributed by atoms with Crippen LogP contribution in [-0.4, -0.2) is 30.9 Å². The Hall–Kier alpha value is -4.20. The number of esters is 1. The van der Waals surface area contributed by atoms with E-state index in [0.29, 0.717) is 23.6 Å². The fraction of sp³-hybridized carbons (Fsp3) is 0.160. The fourth-order valence-electron chi connectivity index (χ4n) is 3.02. The van der Waals surface area contributed by atoms with E-state index >= 15 is 0 Å². The molecule has 33 heavy (non-hydrogen) atoms. The fourth-order valence-corrected chi connectivity index (χ4v) is 3.02. The lowest BCUT2D eigenvalue weighted by Gasteiger charge is -2.19. The summed E-state index contributed by atoms with van der Waals surface area (Å²) in [6.07, 6.45) is -1.28. The molecule has 2 N–H and O–H groups in total. The van der Waals surface area contributed by atoms with Crippen molar-refractivity contribution in [3.05, 3.63) is 95.8 Å². The van der Waals surface area contributed by atoms with Crippen LogP contribution >= 0.6 is 0 Å². The molecule has 0 aromatic heterocycles. The van der Waals surface area contributed by atoms with Crippen LogP contribution in [0.15, 0.2) is 78.9 Å². The van der Waals surface area contributed by atoms with Crippen molar-refractivity contribution in [3.8, 4) is 5.75 Å². The van der Waals surface area contributed by atoms with E-state index in [0.717, 1.165) is 6.07 Å². The van der Waals surface area contributed by atoms with E-state index < -0.39 is 36.2 Å². The molecule has 0 bridgehead atoms. The van der Waals surface area contributed by atoms with E-state index in [2.05, 4.69) is 10.6 Å². The molecule has 0 aliphatic heterocycles. The number of halogens is 1. The van der Waals surface area contributed by atoms with Gasteiger partial charge in [0.1, 0.15) is 18.1 Å². The zero-order valence-electron chi connectivity index (χ0n) is 17.9. The molecule has 7 nitrogen and oxygen atoms in total. The highest BCUT2D eigenvalue weighted by Crippen LogP contribution is 2.26. The number of anilines is 1. The molecule has 0 saturated heterocycles. The van der Waals surface area contributed by atoms with E-state index in [1.54, 1.807) is 54.6 Å². The molecule has 0 fully saturated rings. The van der Waals surface area contributed by atoms with Gasteiger partial charge in [-0.15, -0.1) is 0 Å². The van der Waals surface area contributed by atoms with Gasteiger partial charge >= 0.3 is 5.97 Å². The summed E-state index contributed by atoms with van der Waals surface area (Å²) >= 11 is 0. The summed E-state index contributed by atoms with van der Waals surface area (Å²) in [7, 11) is 0. The van der Waals surface area contributed by atoms with Gasteiger partial charge in [-0.3, -0.25) is 14.4 Å². The third-order valence-corrected chi connectivity index (χ3v) is 4.55. The van der Waals surface area contributed by atoms with Crippen LogP contribution in [-0.2, 0) is 14.3 Å². The van der Waals surface area contributed by atoms with Gasteiger partial charge in [-0.25, -0.2) is 4.39 Å². The maximum Gasteiger partial charge on any atom is 0.326 e. The molecule has 8 heteroatoms. The van der Waals surface area contributed by atoms with Gasteiger partial charge in [-0.2, -0.15) is 0 Å². The van der Waals surface area contributed by atoms with Crippen LogP contribution in [0.25, 0.3) is 0 Å². The van der Waals surface area contributed by atoms with E-state index in [1.807, 2.05) is 6.92 Å². The Labute approximate surface area is 190 Å². The minimum Gasteiger partial charge on any atom is -0.492 e. The first-order valence-electron chi connectivity index (χ1n) is 10.3. The Kier molecular flexibility index (Phi) is 8.13. The molecule has 0 saturated carbocycles. The van der Waals surface area contributed by atoms with Gasteiger partial charge in [0.2, 0.25) is 6.10 Å².